The highest BCUT2D eigenvalue weighted by Crippen LogP contribution is 2.23. The standard InChI is InChI=1S/C17H29N3O2/c1-17(2,3)22-16(21)14-9-8-13(12-15(14)18)20(6)11-7-10-19(4)5/h8-9,12H,7,10-11,18H2,1-6H3. The summed E-state index contributed by atoms with van der Waals surface area (Å²) in [5.74, 6) is -0.383. The number of hydrogen-bond donors (Lipinski definition) is 1. The van der Waals surface area contributed by atoms with Gasteiger partial charge in [0.2, 0.25) is 0 Å². The summed E-state index contributed by atoms with van der Waals surface area (Å²) in [5, 5.41) is 0. The number of nitrogens with zero attached hydrogens (tertiary/aromatic N) is 2. The zero-order valence-electron chi connectivity index (χ0n) is 14.6. The quantitative estimate of drug-likeness (QED) is 0.646. The van der Waals surface area contributed by atoms with Crippen molar-refractivity contribution in [2.75, 3.05) is 44.9 Å². The van der Waals surface area contributed by atoms with Crippen LogP contribution in [0.2, 0.25) is 0 Å². The lowest BCUT2D eigenvalue weighted by atomic mass is 10.1. The maximum absolute atomic E-state index is 12.1. The van der Waals surface area contributed by atoms with E-state index in [1.807, 2.05) is 40.0 Å². The third-order valence-electron chi connectivity index (χ3n) is 3.19. The fourth-order valence-corrected chi connectivity index (χ4v) is 2.06. The number of hydrogen-bond acceptors (Lipinski definition) is 5. The van der Waals surface area contributed by atoms with E-state index in [1.165, 1.54) is 0 Å². The Bertz CT molecular complexity index is 507. The van der Waals surface area contributed by atoms with Crippen LogP contribution in [0.3, 0.4) is 0 Å². The Morgan fingerprint density at radius 2 is 1.82 bits per heavy atom. The number of nitrogen functional groups attached to an aromatic ring is 1. The van der Waals surface area contributed by atoms with E-state index in [4.69, 9.17) is 10.5 Å². The van der Waals surface area contributed by atoms with Gasteiger partial charge in [-0.3, -0.25) is 0 Å². The second-order valence-electron chi connectivity index (χ2n) is 6.85. The van der Waals surface area contributed by atoms with E-state index in [2.05, 4.69) is 23.9 Å². The van der Waals surface area contributed by atoms with Crippen molar-refractivity contribution < 1.29 is 9.53 Å². The first-order valence-corrected chi connectivity index (χ1v) is 7.59. The molecule has 0 bridgehead atoms. The highest BCUT2D eigenvalue weighted by atomic mass is 16.6. The maximum atomic E-state index is 12.1. The average molecular weight is 307 g/mol. The van der Waals surface area contributed by atoms with Crippen molar-refractivity contribution >= 4 is 17.3 Å². The van der Waals surface area contributed by atoms with Gasteiger partial charge in [-0.05, 0) is 66.0 Å². The van der Waals surface area contributed by atoms with Crippen LogP contribution in [0.15, 0.2) is 18.2 Å². The van der Waals surface area contributed by atoms with E-state index in [-0.39, 0.29) is 5.97 Å². The van der Waals surface area contributed by atoms with E-state index in [9.17, 15) is 4.79 Å². The Labute approximate surface area is 134 Å². The van der Waals surface area contributed by atoms with Gasteiger partial charge in [-0.15, -0.1) is 0 Å². The number of ether oxygens (including phenoxy) is 1. The van der Waals surface area contributed by atoms with E-state index in [1.54, 1.807) is 6.07 Å². The zero-order valence-corrected chi connectivity index (χ0v) is 14.6. The van der Waals surface area contributed by atoms with Gasteiger partial charge in [0, 0.05) is 25.0 Å². The van der Waals surface area contributed by atoms with Crippen molar-refractivity contribution in [2.24, 2.45) is 0 Å². The number of rotatable bonds is 6. The van der Waals surface area contributed by atoms with E-state index < -0.39 is 5.60 Å². The Balaban J connectivity index is 2.74. The van der Waals surface area contributed by atoms with Gasteiger partial charge in [0.25, 0.3) is 0 Å². The molecule has 0 spiro atoms. The highest BCUT2D eigenvalue weighted by Gasteiger charge is 2.20. The minimum absolute atomic E-state index is 0.383. The molecule has 0 aliphatic rings. The number of carbonyl (C=O) groups is 1. The molecular formula is C17H29N3O2. The van der Waals surface area contributed by atoms with Crippen LogP contribution in [0, 0.1) is 0 Å². The first-order valence-electron chi connectivity index (χ1n) is 7.59. The van der Waals surface area contributed by atoms with Gasteiger partial charge >= 0.3 is 5.97 Å². The number of carbonyl (C=O) groups excluding carboxylic acids is 1. The zero-order chi connectivity index (χ0) is 16.9. The average Bonchev–Trinajstić information content (AvgIpc) is 2.35. The predicted molar refractivity (Wildman–Crippen MR) is 92.5 cm³/mol. The molecule has 1 aromatic carbocycles. The van der Waals surface area contributed by atoms with E-state index in [0.29, 0.717) is 11.3 Å². The summed E-state index contributed by atoms with van der Waals surface area (Å²) in [6.45, 7) is 7.50. The molecule has 2 N–H and O–H groups in total. The number of anilines is 2. The molecular weight excluding hydrogens is 278 g/mol. The van der Waals surface area contributed by atoms with Crippen molar-refractivity contribution in [3.63, 3.8) is 0 Å². The van der Waals surface area contributed by atoms with Crippen LogP contribution in [-0.4, -0.2) is 50.7 Å². The Morgan fingerprint density at radius 3 is 2.32 bits per heavy atom. The van der Waals surface area contributed by atoms with Crippen LogP contribution in [-0.2, 0) is 4.74 Å². The molecule has 1 aromatic rings. The van der Waals surface area contributed by atoms with Gasteiger partial charge < -0.3 is 20.3 Å². The monoisotopic (exact) mass is 307 g/mol. The molecule has 0 amide bonds. The summed E-state index contributed by atoms with van der Waals surface area (Å²) >= 11 is 0. The normalized spacial score (nSPS) is 11.6. The third kappa shape index (κ3) is 5.93. The van der Waals surface area contributed by atoms with Crippen LogP contribution >= 0.6 is 0 Å². The summed E-state index contributed by atoms with van der Waals surface area (Å²) in [7, 11) is 6.15. The highest BCUT2D eigenvalue weighted by molar-refractivity contribution is 5.96. The fraction of sp³-hybridized carbons (Fsp3) is 0.588. The summed E-state index contributed by atoms with van der Waals surface area (Å²) in [6, 6.07) is 5.47. The van der Waals surface area contributed by atoms with Crippen LogP contribution in [0.4, 0.5) is 11.4 Å². The summed E-state index contributed by atoms with van der Waals surface area (Å²) in [4.78, 5) is 16.4. The largest absolute Gasteiger partial charge is 0.456 e. The van der Waals surface area contributed by atoms with E-state index >= 15 is 0 Å². The van der Waals surface area contributed by atoms with Gasteiger partial charge in [0.1, 0.15) is 5.60 Å². The second-order valence-corrected chi connectivity index (χ2v) is 6.85. The minimum Gasteiger partial charge on any atom is -0.456 e. The molecule has 22 heavy (non-hydrogen) atoms. The molecule has 0 aliphatic heterocycles. The minimum atomic E-state index is -0.523. The van der Waals surface area contributed by atoms with Gasteiger partial charge in [-0.1, -0.05) is 0 Å². The van der Waals surface area contributed by atoms with Gasteiger partial charge in [-0.25, -0.2) is 4.79 Å². The summed E-state index contributed by atoms with van der Waals surface area (Å²) < 4.78 is 5.36. The molecule has 0 atom stereocenters. The number of esters is 1. The third-order valence-corrected chi connectivity index (χ3v) is 3.19. The van der Waals surface area contributed by atoms with Crippen LogP contribution < -0.4 is 10.6 Å². The smallest absolute Gasteiger partial charge is 0.340 e. The lowest BCUT2D eigenvalue weighted by molar-refractivity contribution is 0.00708. The fourth-order valence-electron chi connectivity index (χ4n) is 2.06. The molecule has 0 saturated carbocycles. The molecule has 5 heteroatoms. The molecule has 0 aromatic heterocycles. The summed E-state index contributed by atoms with van der Waals surface area (Å²) in [6.07, 6.45) is 1.07. The first-order chi connectivity index (χ1) is 10.1. The van der Waals surface area contributed by atoms with Gasteiger partial charge in [-0.2, -0.15) is 0 Å². The Morgan fingerprint density at radius 1 is 1.18 bits per heavy atom. The summed E-state index contributed by atoms with van der Waals surface area (Å²) in [5.41, 5.74) is 7.37. The van der Waals surface area contributed by atoms with Gasteiger partial charge in [0.15, 0.2) is 0 Å². The van der Waals surface area contributed by atoms with Crippen molar-refractivity contribution in [3.8, 4) is 0 Å². The molecule has 5 nitrogen and oxygen atoms in total. The Kier molecular flexibility index (Phi) is 6.23. The SMILES string of the molecule is CN(C)CCCN(C)c1ccc(C(=O)OC(C)(C)C)c(N)c1. The van der Waals surface area contributed by atoms with Gasteiger partial charge in [0.05, 0.1) is 5.56 Å². The topological polar surface area (TPSA) is 58.8 Å². The maximum Gasteiger partial charge on any atom is 0.340 e. The van der Waals surface area contributed by atoms with Crippen molar-refractivity contribution in [3.05, 3.63) is 23.8 Å². The molecule has 0 aliphatic carbocycles. The molecule has 0 unspecified atom stereocenters. The predicted octanol–water partition coefficient (Wildman–Crippen LogP) is 2.61. The van der Waals surface area contributed by atoms with Crippen LogP contribution in [0.5, 0.6) is 0 Å². The molecule has 0 fully saturated rings. The first kappa shape index (κ1) is 18.3. The number of nitrogens with two attached hydrogens (primary N) is 1. The van der Waals surface area contributed by atoms with Crippen molar-refractivity contribution in [1.82, 2.24) is 4.90 Å². The van der Waals surface area contributed by atoms with Crippen molar-refractivity contribution in [2.45, 2.75) is 32.8 Å². The van der Waals surface area contributed by atoms with E-state index in [0.717, 1.165) is 25.2 Å². The van der Waals surface area contributed by atoms with Crippen LogP contribution in [0.25, 0.3) is 0 Å². The number of benzene rings is 1. The lowest BCUT2D eigenvalue weighted by Crippen LogP contribution is -2.25. The molecule has 1 rings (SSSR count). The Hall–Kier alpha value is -1.75. The van der Waals surface area contributed by atoms with Crippen LogP contribution in [0.1, 0.15) is 37.6 Å². The molecule has 0 heterocycles. The lowest BCUT2D eigenvalue weighted by Gasteiger charge is -2.22. The van der Waals surface area contributed by atoms with Crippen molar-refractivity contribution in [1.29, 1.82) is 0 Å². The molecule has 124 valence electrons. The molecule has 0 radical (unpaired) electrons. The molecule has 0 saturated heterocycles. The second kappa shape index (κ2) is 7.49.